The molecule has 0 spiro atoms. The molecule has 176 valence electrons. The lowest BCUT2D eigenvalue weighted by Crippen LogP contribution is -2.69. The van der Waals surface area contributed by atoms with Gasteiger partial charge in [-0.2, -0.15) is 4.79 Å². The van der Waals surface area contributed by atoms with Gasteiger partial charge in [-0.15, -0.1) is 0 Å². The first kappa shape index (κ1) is 24.3. The van der Waals surface area contributed by atoms with Gasteiger partial charge in [-0.25, -0.2) is 4.79 Å². The summed E-state index contributed by atoms with van der Waals surface area (Å²) in [6.07, 6.45) is 0.0797. The van der Waals surface area contributed by atoms with Crippen molar-refractivity contribution in [3.8, 4) is 5.75 Å². The Hall–Kier alpha value is -4.30. The van der Waals surface area contributed by atoms with Crippen molar-refractivity contribution in [3.63, 3.8) is 0 Å². The van der Waals surface area contributed by atoms with Gasteiger partial charge in [0, 0.05) is 6.42 Å². The molecule has 1 saturated heterocycles. The standard InChI is InChI=1S/C24H24N4O6/c1-33-17-9-7-16(8-10-17)14-34-24(32)22(28-25)19(29)12-11-18-21(23(31)26-18)27-20(30)13-15-5-3-2-4-6-15/h2-10,18,21H,11-14H2,1H3,(H,26,31)(H,27,30). The summed E-state index contributed by atoms with van der Waals surface area (Å²) in [6, 6.07) is 14.6. The summed E-state index contributed by atoms with van der Waals surface area (Å²) in [5.74, 6) is -1.83. The Morgan fingerprint density at radius 1 is 1.06 bits per heavy atom. The average molecular weight is 464 g/mol. The fraction of sp³-hybridized carbons (Fsp3) is 0.292. The third-order valence-corrected chi connectivity index (χ3v) is 5.31. The van der Waals surface area contributed by atoms with Crippen molar-refractivity contribution < 1.29 is 33.4 Å². The van der Waals surface area contributed by atoms with Crippen molar-refractivity contribution >= 4 is 29.3 Å². The lowest BCUT2D eigenvalue weighted by atomic mass is 9.92. The summed E-state index contributed by atoms with van der Waals surface area (Å²) in [4.78, 5) is 51.5. The summed E-state index contributed by atoms with van der Waals surface area (Å²) >= 11 is 0. The smallest absolute Gasteiger partial charge is 0.441 e. The highest BCUT2D eigenvalue weighted by Crippen LogP contribution is 2.15. The van der Waals surface area contributed by atoms with Crippen LogP contribution in [-0.2, 0) is 36.9 Å². The normalized spacial score (nSPS) is 16.3. The number of Topliss-reactive ketones (excluding diaryl/α,β-unsaturated/α-hetero) is 1. The summed E-state index contributed by atoms with van der Waals surface area (Å²) < 4.78 is 10.1. The second-order valence-electron chi connectivity index (χ2n) is 7.66. The third-order valence-electron chi connectivity index (χ3n) is 5.31. The molecule has 0 bridgehead atoms. The van der Waals surface area contributed by atoms with Crippen molar-refractivity contribution in [2.75, 3.05) is 7.11 Å². The highest BCUT2D eigenvalue weighted by Gasteiger charge is 2.41. The maximum atomic E-state index is 12.4. The van der Waals surface area contributed by atoms with E-state index >= 15 is 0 Å². The predicted octanol–water partition coefficient (Wildman–Crippen LogP) is 0.984. The number of ketones is 1. The first-order valence-corrected chi connectivity index (χ1v) is 10.6. The number of β-lactam (4-membered cyclic amide) rings is 1. The first-order chi connectivity index (χ1) is 16.4. The van der Waals surface area contributed by atoms with Crippen molar-refractivity contribution in [1.29, 1.82) is 0 Å². The Balaban J connectivity index is 1.46. The van der Waals surface area contributed by atoms with E-state index in [2.05, 4.69) is 15.4 Å². The van der Waals surface area contributed by atoms with Crippen LogP contribution in [0, 0.1) is 0 Å². The largest absolute Gasteiger partial charge is 0.497 e. The molecule has 2 amide bonds. The van der Waals surface area contributed by atoms with Crippen LogP contribution in [0.1, 0.15) is 24.0 Å². The fourth-order valence-corrected chi connectivity index (χ4v) is 3.41. The van der Waals surface area contributed by atoms with E-state index < -0.39 is 29.5 Å². The highest BCUT2D eigenvalue weighted by atomic mass is 16.5. The van der Waals surface area contributed by atoms with E-state index in [9.17, 15) is 19.2 Å². The molecule has 1 aliphatic rings. The number of nitrogens with one attached hydrogen (secondary N) is 2. The number of rotatable bonds is 11. The minimum atomic E-state index is -1.06. The summed E-state index contributed by atoms with van der Waals surface area (Å²) in [5, 5.41) is 5.28. The molecule has 1 aliphatic heterocycles. The van der Waals surface area contributed by atoms with Gasteiger partial charge in [-0.3, -0.25) is 14.4 Å². The van der Waals surface area contributed by atoms with E-state index in [1.807, 2.05) is 18.2 Å². The van der Waals surface area contributed by atoms with Crippen molar-refractivity contribution in [3.05, 3.63) is 71.3 Å². The van der Waals surface area contributed by atoms with E-state index in [-0.39, 0.29) is 37.7 Å². The molecule has 0 radical (unpaired) electrons. The second-order valence-corrected chi connectivity index (χ2v) is 7.66. The van der Waals surface area contributed by atoms with Gasteiger partial charge in [0.1, 0.15) is 18.4 Å². The van der Waals surface area contributed by atoms with Crippen LogP contribution in [0.25, 0.3) is 5.53 Å². The maximum absolute atomic E-state index is 12.4. The number of ether oxygens (including phenoxy) is 2. The van der Waals surface area contributed by atoms with Crippen LogP contribution in [0.5, 0.6) is 5.75 Å². The number of esters is 1. The Morgan fingerprint density at radius 3 is 2.38 bits per heavy atom. The molecule has 3 rings (SSSR count). The van der Waals surface area contributed by atoms with Gasteiger partial charge in [0.25, 0.3) is 5.78 Å². The van der Waals surface area contributed by atoms with Crippen molar-refractivity contribution in [1.82, 2.24) is 10.6 Å². The van der Waals surface area contributed by atoms with Crippen molar-refractivity contribution in [2.24, 2.45) is 0 Å². The SMILES string of the molecule is COc1ccc(COC(=O)C(=[N+]=[N-])C(=O)CCC2NC(=O)C2NC(=O)Cc2ccccc2)cc1. The van der Waals surface area contributed by atoms with Crippen LogP contribution in [0.2, 0.25) is 0 Å². The number of benzene rings is 2. The Labute approximate surface area is 195 Å². The fourth-order valence-electron chi connectivity index (χ4n) is 3.41. The second kappa shape index (κ2) is 11.5. The molecule has 1 heterocycles. The Bertz CT molecular complexity index is 1110. The molecule has 2 aromatic carbocycles. The molecular formula is C24H24N4O6. The van der Waals surface area contributed by atoms with Gasteiger partial charge in [-0.1, -0.05) is 42.5 Å². The van der Waals surface area contributed by atoms with Gasteiger partial charge in [0.15, 0.2) is 0 Å². The average Bonchev–Trinajstić information content (AvgIpc) is 2.85. The van der Waals surface area contributed by atoms with Crippen LogP contribution < -0.4 is 15.4 Å². The molecule has 2 atom stereocenters. The van der Waals surface area contributed by atoms with Gasteiger partial charge in [0.05, 0.1) is 19.6 Å². The van der Waals surface area contributed by atoms with E-state index in [1.165, 1.54) is 7.11 Å². The zero-order valence-corrected chi connectivity index (χ0v) is 18.5. The quantitative estimate of drug-likeness (QED) is 0.127. The van der Waals surface area contributed by atoms with E-state index in [0.29, 0.717) is 11.3 Å². The number of carbonyl (C=O) groups is 4. The van der Waals surface area contributed by atoms with E-state index in [0.717, 1.165) is 5.56 Å². The molecule has 34 heavy (non-hydrogen) atoms. The maximum Gasteiger partial charge on any atom is 0.441 e. The topological polar surface area (TPSA) is 147 Å². The Morgan fingerprint density at radius 2 is 1.76 bits per heavy atom. The molecule has 0 saturated carbocycles. The number of carbonyl (C=O) groups excluding carboxylic acids is 4. The summed E-state index contributed by atoms with van der Waals surface area (Å²) in [6.45, 7) is -0.122. The lowest BCUT2D eigenvalue weighted by Gasteiger charge is -2.37. The van der Waals surface area contributed by atoms with Crippen LogP contribution >= 0.6 is 0 Å². The molecule has 2 N–H and O–H groups in total. The highest BCUT2D eigenvalue weighted by molar-refractivity contribution is 6.62. The lowest BCUT2D eigenvalue weighted by molar-refractivity contribution is -0.143. The van der Waals surface area contributed by atoms with Crippen molar-refractivity contribution in [2.45, 2.75) is 38.0 Å². The number of methoxy groups -OCH3 is 1. The minimum Gasteiger partial charge on any atom is -0.497 e. The van der Waals surface area contributed by atoms with Gasteiger partial charge < -0.3 is 25.6 Å². The molecule has 1 fully saturated rings. The molecular weight excluding hydrogens is 440 g/mol. The van der Waals surface area contributed by atoms with Crippen LogP contribution in [-0.4, -0.2) is 53.3 Å². The monoisotopic (exact) mass is 464 g/mol. The third kappa shape index (κ3) is 6.36. The van der Waals surface area contributed by atoms with Crippen LogP contribution in [0.4, 0.5) is 0 Å². The molecule has 10 nitrogen and oxygen atoms in total. The van der Waals surface area contributed by atoms with E-state index in [1.54, 1.807) is 36.4 Å². The summed E-state index contributed by atoms with van der Waals surface area (Å²) in [5.41, 5.74) is 9.88. The van der Waals surface area contributed by atoms with E-state index in [4.69, 9.17) is 15.0 Å². The van der Waals surface area contributed by atoms with Crippen LogP contribution in [0.3, 0.4) is 0 Å². The van der Waals surface area contributed by atoms with Gasteiger partial charge in [-0.05, 0) is 29.7 Å². The zero-order valence-electron chi connectivity index (χ0n) is 18.5. The number of hydrogen-bond acceptors (Lipinski definition) is 6. The Kier molecular flexibility index (Phi) is 8.26. The molecule has 0 aromatic heterocycles. The summed E-state index contributed by atoms with van der Waals surface area (Å²) in [7, 11) is 1.53. The molecule has 2 unspecified atom stereocenters. The van der Waals surface area contributed by atoms with Gasteiger partial charge in [0.2, 0.25) is 11.8 Å². The van der Waals surface area contributed by atoms with Gasteiger partial charge >= 0.3 is 11.7 Å². The van der Waals surface area contributed by atoms with Crippen LogP contribution in [0.15, 0.2) is 54.6 Å². The number of nitrogens with zero attached hydrogens (tertiary/aromatic N) is 2. The first-order valence-electron chi connectivity index (χ1n) is 10.6. The predicted molar refractivity (Wildman–Crippen MR) is 120 cm³/mol. The zero-order chi connectivity index (χ0) is 24.5. The number of hydrogen-bond donors (Lipinski definition) is 2. The minimum absolute atomic E-state index is 0.122. The molecule has 0 aliphatic carbocycles. The molecule has 10 heteroatoms. The number of amides is 2. The molecule has 2 aromatic rings.